The standard InChI is InChI=1S/C21H30N4O2S/c1-17-5-6-18(2)19(15-17)25-10-8-23-21(25)28-16-20(26)22-7-3-4-9-24-11-13-27-14-12-24/h5-6,8,10,15H,3-4,7,9,11-14,16H2,1-2H3,(H,22,26). The fourth-order valence-electron chi connectivity index (χ4n) is 3.25. The van der Waals surface area contributed by atoms with Gasteiger partial charge in [-0.05, 0) is 50.4 Å². The molecule has 3 rings (SSSR count). The van der Waals surface area contributed by atoms with Crippen LogP contribution in [0.15, 0.2) is 35.7 Å². The number of ether oxygens (including phenoxy) is 1. The maximum absolute atomic E-state index is 12.2. The van der Waals surface area contributed by atoms with Crippen molar-refractivity contribution >= 4 is 17.7 Å². The molecule has 1 aliphatic rings. The zero-order valence-corrected chi connectivity index (χ0v) is 17.6. The van der Waals surface area contributed by atoms with E-state index in [0.29, 0.717) is 5.75 Å². The lowest BCUT2D eigenvalue weighted by Gasteiger charge is -2.26. The van der Waals surface area contributed by atoms with Gasteiger partial charge in [0, 0.05) is 32.0 Å². The third kappa shape index (κ3) is 6.09. The average molecular weight is 403 g/mol. The van der Waals surface area contributed by atoms with Crippen molar-refractivity contribution in [3.63, 3.8) is 0 Å². The highest BCUT2D eigenvalue weighted by atomic mass is 32.2. The van der Waals surface area contributed by atoms with Crippen LogP contribution in [-0.4, -0.2) is 65.5 Å². The largest absolute Gasteiger partial charge is 0.379 e. The van der Waals surface area contributed by atoms with E-state index in [0.717, 1.165) is 63.1 Å². The van der Waals surface area contributed by atoms with Crippen LogP contribution >= 0.6 is 11.8 Å². The second-order valence-electron chi connectivity index (χ2n) is 7.17. The molecule has 2 heterocycles. The van der Waals surface area contributed by atoms with E-state index < -0.39 is 0 Å². The van der Waals surface area contributed by atoms with Crippen LogP contribution < -0.4 is 5.32 Å². The highest BCUT2D eigenvalue weighted by molar-refractivity contribution is 7.99. The van der Waals surface area contributed by atoms with Crippen LogP contribution in [0, 0.1) is 13.8 Å². The number of hydrogen-bond donors (Lipinski definition) is 1. The second kappa shape index (κ2) is 10.6. The van der Waals surface area contributed by atoms with Gasteiger partial charge >= 0.3 is 0 Å². The molecule has 1 aromatic heterocycles. The number of hydrogen-bond acceptors (Lipinski definition) is 5. The maximum atomic E-state index is 12.2. The second-order valence-corrected chi connectivity index (χ2v) is 8.11. The minimum Gasteiger partial charge on any atom is -0.379 e. The molecule has 7 heteroatoms. The predicted octanol–water partition coefficient (Wildman–Crippen LogP) is 2.81. The van der Waals surface area contributed by atoms with E-state index in [4.69, 9.17) is 4.74 Å². The molecule has 1 fully saturated rings. The number of imidazole rings is 1. The number of aromatic nitrogens is 2. The Kier molecular flexibility index (Phi) is 7.94. The summed E-state index contributed by atoms with van der Waals surface area (Å²) in [6.07, 6.45) is 5.84. The van der Waals surface area contributed by atoms with Crippen molar-refractivity contribution in [3.8, 4) is 5.69 Å². The van der Waals surface area contributed by atoms with Gasteiger partial charge in [-0.15, -0.1) is 0 Å². The van der Waals surface area contributed by atoms with Gasteiger partial charge in [0.15, 0.2) is 5.16 Å². The molecule has 0 bridgehead atoms. The molecule has 1 saturated heterocycles. The van der Waals surface area contributed by atoms with Crippen LogP contribution in [-0.2, 0) is 9.53 Å². The first kappa shape index (κ1) is 20.9. The molecule has 0 aliphatic carbocycles. The number of benzene rings is 1. The highest BCUT2D eigenvalue weighted by Crippen LogP contribution is 2.23. The highest BCUT2D eigenvalue weighted by Gasteiger charge is 2.11. The first-order valence-corrected chi connectivity index (χ1v) is 10.9. The lowest BCUT2D eigenvalue weighted by molar-refractivity contribution is -0.118. The quantitative estimate of drug-likeness (QED) is 0.516. The van der Waals surface area contributed by atoms with Gasteiger partial charge in [0.2, 0.25) is 5.91 Å². The number of unbranched alkanes of at least 4 members (excludes halogenated alkanes) is 1. The molecule has 1 aliphatic heterocycles. The Balaban J connectivity index is 1.39. The Morgan fingerprint density at radius 2 is 2.07 bits per heavy atom. The molecule has 1 aromatic carbocycles. The summed E-state index contributed by atoms with van der Waals surface area (Å²) in [5.41, 5.74) is 3.51. The van der Waals surface area contributed by atoms with Crippen LogP contribution in [0.5, 0.6) is 0 Å². The molecular weight excluding hydrogens is 372 g/mol. The molecule has 1 amide bonds. The van der Waals surface area contributed by atoms with Gasteiger partial charge in [-0.1, -0.05) is 23.9 Å². The van der Waals surface area contributed by atoms with Gasteiger partial charge in [0.25, 0.3) is 0 Å². The number of nitrogens with zero attached hydrogens (tertiary/aromatic N) is 3. The lowest BCUT2D eigenvalue weighted by Crippen LogP contribution is -2.37. The molecule has 1 N–H and O–H groups in total. The van der Waals surface area contributed by atoms with E-state index >= 15 is 0 Å². The Morgan fingerprint density at radius 3 is 2.89 bits per heavy atom. The van der Waals surface area contributed by atoms with Gasteiger partial charge in [-0.2, -0.15) is 0 Å². The number of amides is 1. The van der Waals surface area contributed by atoms with Crippen LogP contribution in [0.3, 0.4) is 0 Å². The minimum atomic E-state index is 0.0619. The summed E-state index contributed by atoms with van der Waals surface area (Å²) in [6, 6.07) is 6.37. The van der Waals surface area contributed by atoms with Crippen molar-refractivity contribution < 1.29 is 9.53 Å². The normalized spacial score (nSPS) is 14.9. The van der Waals surface area contributed by atoms with Crippen molar-refractivity contribution in [3.05, 3.63) is 41.7 Å². The maximum Gasteiger partial charge on any atom is 0.230 e. The predicted molar refractivity (Wildman–Crippen MR) is 113 cm³/mol. The van der Waals surface area contributed by atoms with Crippen molar-refractivity contribution in [2.75, 3.05) is 45.1 Å². The monoisotopic (exact) mass is 402 g/mol. The van der Waals surface area contributed by atoms with Crippen LogP contribution in [0.1, 0.15) is 24.0 Å². The van der Waals surface area contributed by atoms with Gasteiger partial charge in [0.05, 0.1) is 24.7 Å². The van der Waals surface area contributed by atoms with E-state index in [1.165, 1.54) is 22.9 Å². The van der Waals surface area contributed by atoms with Gasteiger partial charge in [0.1, 0.15) is 0 Å². The average Bonchev–Trinajstić information content (AvgIpc) is 3.17. The van der Waals surface area contributed by atoms with E-state index in [2.05, 4.69) is 51.8 Å². The topological polar surface area (TPSA) is 59.4 Å². The minimum absolute atomic E-state index is 0.0619. The summed E-state index contributed by atoms with van der Waals surface area (Å²) in [4.78, 5) is 19.0. The third-order valence-electron chi connectivity index (χ3n) is 4.89. The zero-order chi connectivity index (χ0) is 19.8. The Bertz CT molecular complexity index is 772. The van der Waals surface area contributed by atoms with Crippen molar-refractivity contribution in [2.24, 2.45) is 0 Å². The van der Waals surface area contributed by atoms with E-state index in [9.17, 15) is 4.79 Å². The number of carbonyl (C=O) groups excluding carboxylic acids is 1. The zero-order valence-electron chi connectivity index (χ0n) is 16.8. The molecule has 28 heavy (non-hydrogen) atoms. The van der Waals surface area contributed by atoms with Gasteiger partial charge < -0.3 is 10.1 Å². The fourth-order valence-corrected chi connectivity index (χ4v) is 4.05. The molecule has 0 saturated carbocycles. The Labute approximate surface area is 171 Å². The summed E-state index contributed by atoms with van der Waals surface area (Å²) in [6.45, 7) is 9.71. The molecule has 152 valence electrons. The number of rotatable bonds is 9. The summed E-state index contributed by atoms with van der Waals surface area (Å²) in [5.74, 6) is 0.442. The van der Waals surface area contributed by atoms with Crippen molar-refractivity contribution in [1.29, 1.82) is 0 Å². The lowest BCUT2D eigenvalue weighted by atomic mass is 10.1. The van der Waals surface area contributed by atoms with Gasteiger partial charge in [-0.3, -0.25) is 14.3 Å². The van der Waals surface area contributed by atoms with E-state index in [1.807, 2.05) is 6.20 Å². The first-order chi connectivity index (χ1) is 13.6. The fraction of sp³-hybridized carbons (Fsp3) is 0.524. The number of morpholine rings is 1. The van der Waals surface area contributed by atoms with E-state index in [1.54, 1.807) is 6.20 Å². The van der Waals surface area contributed by atoms with Crippen molar-refractivity contribution in [1.82, 2.24) is 19.8 Å². The summed E-state index contributed by atoms with van der Waals surface area (Å²) in [5, 5.41) is 3.87. The Morgan fingerprint density at radius 1 is 1.25 bits per heavy atom. The van der Waals surface area contributed by atoms with Crippen LogP contribution in [0.2, 0.25) is 0 Å². The molecule has 6 nitrogen and oxygen atoms in total. The van der Waals surface area contributed by atoms with E-state index in [-0.39, 0.29) is 5.91 Å². The number of carbonyl (C=O) groups is 1. The molecule has 0 unspecified atom stereocenters. The number of nitrogens with one attached hydrogen (secondary N) is 1. The van der Waals surface area contributed by atoms with Crippen LogP contribution in [0.4, 0.5) is 0 Å². The summed E-state index contributed by atoms with van der Waals surface area (Å²) >= 11 is 1.48. The molecule has 0 radical (unpaired) electrons. The Hall–Kier alpha value is -1.83. The molecular formula is C21H30N4O2S. The summed E-state index contributed by atoms with van der Waals surface area (Å²) < 4.78 is 7.42. The number of thioether (sulfide) groups is 1. The molecule has 0 atom stereocenters. The first-order valence-electron chi connectivity index (χ1n) is 9.94. The number of aryl methyl sites for hydroxylation is 2. The molecule has 0 spiro atoms. The SMILES string of the molecule is Cc1ccc(C)c(-n2ccnc2SCC(=O)NCCCCN2CCOCC2)c1. The third-order valence-corrected chi connectivity index (χ3v) is 5.86. The smallest absolute Gasteiger partial charge is 0.230 e. The molecule has 2 aromatic rings. The summed E-state index contributed by atoms with van der Waals surface area (Å²) in [7, 11) is 0. The van der Waals surface area contributed by atoms with Crippen molar-refractivity contribution in [2.45, 2.75) is 31.8 Å². The van der Waals surface area contributed by atoms with Gasteiger partial charge in [-0.25, -0.2) is 4.98 Å². The van der Waals surface area contributed by atoms with Crippen LogP contribution in [0.25, 0.3) is 5.69 Å².